The van der Waals surface area contributed by atoms with E-state index in [0.717, 1.165) is 35.3 Å². The molecule has 0 fully saturated rings. The fraction of sp³-hybridized carbons (Fsp3) is 0.387. The zero-order valence-corrected chi connectivity index (χ0v) is 24.4. The van der Waals surface area contributed by atoms with Gasteiger partial charge >= 0.3 is 0 Å². The van der Waals surface area contributed by atoms with Gasteiger partial charge < -0.3 is 15.1 Å². The second-order valence-corrected chi connectivity index (χ2v) is 12.9. The number of sulfonamides is 1. The number of aryl methyl sites for hydroxylation is 1. The van der Waals surface area contributed by atoms with Gasteiger partial charge in [0, 0.05) is 36.4 Å². The van der Waals surface area contributed by atoms with Gasteiger partial charge in [0.2, 0.25) is 10.0 Å². The van der Waals surface area contributed by atoms with Gasteiger partial charge in [-0.15, -0.1) is 0 Å². The largest absolute Gasteiger partial charge is 0.380 e. The lowest BCUT2D eigenvalue weighted by molar-refractivity contribution is 0.0732. The van der Waals surface area contributed by atoms with E-state index in [4.69, 9.17) is 0 Å². The molecule has 0 aromatic heterocycles. The molecule has 4 rings (SSSR count). The molecule has 0 unspecified atom stereocenters. The summed E-state index contributed by atoms with van der Waals surface area (Å²) in [5.41, 5.74) is 3.97. The SMILES string of the molecule is CCc1ccc(S(=O)(=O)N[C@H]2CC(C)(C)Nc3ccc(C(=O)N(CCN(C)C)Cc4ccccc4)cc32)cc1. The number of benzene rings is 3. The maximum Gasteiger partial charge on any atom is 0.254 e. The molecule has 3 aromatic rings. The molecule has 7 nitrogen and oxygen atoms in total. The summed E-state index contributed by atoms with van der Waals surface area (Å²) >= 11 is 0. The van der Waals surface area contributed by atoms with Crippen LogP contribution in [0.15, 0.2) is 77.7 Å². The minimum absolute atomic E-state index is 0.0786. The lowest BCUT2D eigenvalue weighted by atomic mass is 9.85. The van der Waals surface area contributed by atoms with Crippen molar-refractivity contribution >= 4 is 21.6 Å². The van der Waals surface area contributed by atoms with Crippen LogP contribution in [0.2, 0.25) is 0 Å². The molecule has 1 aliphatic rings. The minimum atomic E-state index is -3.76. The van der Waals surface area contributed by atoms with Gasteiger partial charge in [-0.25, -0.2) is 13.1 Å². The number of likely N-dealkylation sites (N-methyl/N-ethyl adjacent to an activating group) is 1. The van der Waals surface area contributed by atoms with Crippen molar-refractivity contribution < 1.29 is 13.2 Å². The van der Waals surface area contributed by atoms with Crippen LogP contribution in [0, 0.1) is 0 Å². The van der Waals surface area contributed by atoms with Crippen LogP contribution in [0.25, 0.3) is 0 Å². The van der Waals surface area contributed by atoms with Gasteiger partial charge in [-0.3, -0.25) is 4.79 Å². The molecule has 1 amide bonds. The number of hydrogen-bond acceptors (Lipinski definition) is 5. The zero-order valence-electron chi connectivity index (χ0n) is 23.6. The second kappa shape index (κ2) is 11.9. The van der Waals surface area contributed by atoms with E-state index in [0.29, 0.717) is 25.1 Å². The summed E-state index contributed by atoms with van der Waals surface area (Å²) < 4.78 is 29.7. The summed E-state index contributed by atoms with van der Waals surface area (Å²) in [4.78, 5) is 17.9. The van der Waals surface area contributed by atoms with E-state index in [1.807, 2.05) is 86.6 Å². The molecule has 8 heteroatoms. The van der Waals surface area contributed by atoms with Crippen LogP contribution in [0.3, 0.4) is 0 Å². The van der Waals surface area contributed by atoms with Crippen molar-refractivity contribution in [1.82, 2.24) is 14.5 Å². The standard InChI is InChI=1S/C31H40N4O3S/c1-6-23-12-15-26(16-13-23)39(37,38)33-29-21-31(2,3)32-28-17-14-25(20-27(28)29)30(36)35(19-18-34(4)5)22-24-10-8-7-9-11-24/h7-17,20,29,32-33H,6,18-19,21-22H2,1-5H3/t29-/m0/s1. The first-order valence-corrected chi connectivity index (χ1v) is 15.0. The normalized spacial score (nSPS) is 16.4. The lowest BCUT2D eigenvalue weighted by Crippen LogP contribution is -2.43. The molecule has 1 atom stereocenters. The highest BCUT2D eigenvalue weighted by Crippen LogP contribution is 2.39. The summed E-state index contributed by atoms with van der Waals surface area (Å²) in [6.07, 6.45) is 1.38. The monoisotopic (exact) mass is 548 g/mol. The average molecular weight is 549 g/mol. The average Bonchev–Trinajstić information content (AvgIpc) is 2.90. The first-order chi connectivity index (χ1) is 18.5. The predicted octanol–water partition coefficient (Wildman–Crippen LogP) is 5.07. The summed E-state index contributed by atoms with van der Waals surface area (Å²) in [5, 5.41) is 3.52. The Labute approximate surface area is 233 Å². The van der Waals surface area contributed by atoms with E-state index in [-0.39, 0.29) is 16.3 Å². The van der Waals surface area contributed by atoms with Crippen LogP contribution in [0.4, 0.5) is 5.69 Å². The molecule has 208 valence electrons. The highest BCUT2D eigenvalue weighted by molar-refractivity contribution is 7.89. The van der Waals surface area contributed by atoms with E-state index < -0.39 is 16.1 Å². The van der Waals surface area contributed by atoms with Crippen molar-refractivity contribution in [2.45, 2.75) is 56.6 Å². The number of hydrogen-bond donors (Lipinski definition) is 2. The summed E-state index contributed by atoms with van der Waals surface area (Å²) in [6, 6.07) is 22.1. The third kappa shape index (κ3) is 7.26. The zero-order chi connectivity index (χ0) is 28.2. The fourth-order valence-corrected chi connectivity index (χ4v) is 6.17. The maximum absolute atomic E-state index is 13.8. The van der Waals surface area contributed by atoms with Crippen molar-refractivity contribution in [3.63, 3.8) is 0 Å². The van der Waals surface area contributed by atoms with Gasteiger partial charge in [-0.2, -0.15) is 0 Å². The Balaban J connectivity index is 1.65. The summed E-state index contributed by atoms with van der Waals surface area (Å²) in [6.45, 7) is 7.95. The second-order valence-electron chi connectivity index (χ2n) is 11.2. The third-order valence-corrected chi connectivity index (χ3v) is 8.61. The number of anilines is 1. The Morgan fingerprint density at radius 2 is 1.67 bits per heavy atom. The lowest BCUT2D eigenvalue weighted by Gasteiger charge is -2.39. The molecular weight excluding hydrogens is 508 g/mol. The van der Waals surface area contributed by atoms with Gasteiger partial charge in [0.05, 0.1) is 10.9 Å². The highest BCUT2D eigenvalue weighted by atomic mass is 32.2. The topological polar surface area (TPSA) is 81.8 Å². The molecule has 0 spiro atoms. The van der Waals surface area contributed by atoms with Crippen LogP contribution in [-0.4, -0.2) is 56.8 Å². The predicted molar refractivity (Wildman–Crippen MR) is 157 cm³/mol. The van der Waals surface area contributed by atoms with Crippen molar-refractivity contribution in [2.24, 2.45) is 0 Å². The molecule has 0 aliphatic carbocycles. The number of fused-ring (bicyclic) bond motifs is 1. The van der Waals surface area contributed by atoms with Gasteiger partial charge in [0.15, 0.2) is 0 Å². The molecule has 0 saturated heterocycles. The molecule has 1 aliphatic heterocycles. The molecule has 3 aromatic carbocycles. The first kappa shape index (κ1) is 28.8. The highest BCUT2D eigenvalue weighted by Gasteiger charge is 2.35. The van der Waals surface area contributed by atoms with E-state index in [1.165, 1.54) is 0 Å². The van der Waals surface area contributed by atoms with Gasteiger partial charge in [-0.05, 0) is 87.8 Å². The van der Waals surface area contributed by atoms with E-state index in [1.54, 1.807) is 12.1 Å². The summed E-state index contributed by atoms with van der Waals surface area (Å²) in [5.74, 6) is -0.0786. The quantitative estimate of drug-likeness (QED) is 0.370. The van der Waals surface area contributed by atoms with Gasteiger partial charge in [0.25, 0.3) is 5.91 Å². The van der Waals surface area contributed by atoms with Gasteiger partial charge in [-0.1, -0.05) is 49.4 Å². The van der Waals surface area contributed by atoms with E-state index >= 15 is 0 Å². The number of nitrogens with zero attached hydrogens (tertiary/aromatic N) is 2. The van der Waals surface area contributed by atoms with Crippen molar-refractivity contribution in [3.8, 4) is 0 Å². The van der Waals surface area contributed by atoms with Crippen molar-refractivity contribution in [2.75, 3.05) is 32.5 Å². The number of rotatable bonds is 10. The minimum Gasteiger partial charge on any atom is -0.380 e. The Morgan fingerprint density at radius 1 is 0.974 bits per heavy atom. The summed E-state index contributed by atoms with van der Waals surface area (Å²) in [7, 11) is 0.215. The smallest absolute Gasteiger partial charge is 0.254 e. The molecule has 39 heavy (non-hydrogen) atoms. The number of nitrogens with one attached hydrogen (secondary N) is 2. The van der Waals surface area contributed by atoms with Crippen LogP contribution in [0.5, 0.6) is 0 Å². The Morgan fingerprint density at radius 3 is 2.31 bits per heavy atom. The number of carbonyl (C=O) groups excluding carboxylic acids is 1. The first-order valence-electron chi connectivity index (χ1n) is 13.5. The molecular formula is C31H40N4O3S. The Bertz CT molecular complexity index is 1390. The van der Waals surface area contributed by atoms with E-state index in [9.17, 15) is 13.2 Å². The Kier molecular flexibility index (Phi) is 8.79. The molecule has 1 heterocycles. The van der Waals surface area contributed by atoms with Crippen LogP contribution < -0.4 is 10.0 Å². The van der Waals surface area contributed by atoms with Crippen LogP contribution in [0.1, 0.15) is 60.3 Å². The molecule has 0 bridgehead atoms. The van der Waals surface area contributed by atoms with Crippen LogP contribution >= 0.6 is 0 Å². The Hall–Kier alpha value is -3.20. The van der Waals surface area contributed by atoms with Crippen LogP contribution in [-0.2, 0) is 23.0 Å². The molecule has 0 saturated carbocycles. The fourth-order valence-electron chi connectivity index (χ4n) is 4.96. The number of carbonyl (C=O) groups is 1. The van der Waals surface area contributed by atoms with Gasteiger partial charge in [0.1, 0.15) is 0 Å². The molecule has 0 radical (unpaired) electrons. The maximum atomic E-state index is 13.8. The number of amides is 1. The van der Waals surface area contributed by atoms with Crippen molar-refractivity contribution in [3.05, 3.63) is 95.1 Å². The third-order valence-electron chi connectivity index (χ3n) is 7.12. The molecule has 2 N–H and O–H groups in total. The van der Waals surface area contributed by atoms with Crippen molar-refractivity contribution in [1.29, 1.82) is 0 Å². The van der Waals surface area contributed by atoms with E-state index in [2.05, 4.69) is 28.8 Å².